The van der Waals surface area contributed by atoms with Gasteiger partial charge in [-0.05, 0) is 49.5 Å². The van der Waals surface area contributed by atoms with E-state index in [0.29, 0.717) is 5.41 Å². The molecule has 1 aliphatic carbocycles. The van der Waals surface area contributed by atoms with Crippen LogP contribution in [-0.4, -0.2) is 12.3 Å². The van der Waals surface area contributed by atoms with Gasteiger partial charge in [0, 0.05) is 16.8 Å². The predicted octanol–water partition coefficient (Wildman–Crippen LogP) is 3.48. The van der Waals surface area contributed by atoms with Crippen molar-refractivity contribution in [3.8, 4) is 0 Å². The highest BCUT2D eigenvalue weighted by molar-refractivity contribution is 6.02. The third-order valence-electron chi connectivity index (χ3n) is 4.45. The smallest absolute Gasteiger partial charge is 0.0579 e. The quantitative estimate of drug-likeness (QED) is 0.807. The van der Waals surface area contributed by atoms with Crippen molar-refractivity contribution in [2.24, 2.45) is 4.99 Å². The first-order valence-electron chi connectivity index (χ1n) is 6.76. The number of benzene rings is 1. The average molecular weight is 240 g/mol. The number of nitrogens with zero attached hydrogens (tertiary/aromatic N) is 1. The van der Waals surface area contributed by atoms with Gasteiger partial charge in [0.05, 0.1) is 6.54 Å². The lowest BCUT2D eigenvalue weighted by atomic mass is 9.61. The summed E-state index contributed by atoms with van der Waals surface area (Å²) in [5.41, 5.74) is 11.2. The topological polar surface area (TPSA) is 38.4 Å². The Kier molecular flexibility index (Phi) is 2.73. The van der Waals surface area contributed by atoms with Crippen LogP contribution in [0.4, 0.5) is 5.69 Å². The van der Waals surface area contributed by atoms with Crippen LogP contribution in [-0.2, 0) is 5.41 Å². The van der Waals surface area contributed by atoms with E-state index in [4.69, 9.17) is 5.73 Å². The zero-order valence-corrected chi connectivity index (χ0v) is 10.9. The minimum atomic E-state index is 0.299. The monoisotopic (exact) mass is 240 g/mol. The van der Waals surface area contributed by atoms with E-state index >= 15 is 0 Å². The van der Waals surface area contributed by atoms with Crippen molar-refractivity contribution in [3.63, 3.8) is 0 Å². The van der Waals surface area contributed by atoms with Crippen LogP contribution >= 0.6 is 0 Å². The van der Waals surface area contributed by atoms with Gasteiger partial charge in [-0.2, -0.15) is 0 Å². The summed E-state index contributed by atoms with van der Waals surface area (Å²) < 4.78 is 0. The second-order valence-corrected chi connectivity index (χ2v) is 5.61. The maximum absolute atomic E-state index is 5.93. The summed E-state index contributed by atoms with van der Waals surface area (Å²) in [6.45, 7) is 3.05. The first-order chi connectivity index (χ1) is 8.70. The summed E-state index contributed by atoms with van der Waals surface area (Å²) in [6, 6.07) is 8.41. The van der Waals surface area contributed by atoms with Crippen LogP contribution in [0.5, 0.6) is 0 Å². The molecule has 1 saturated carbocycles. The number of anilines is 1. The molecular formula is C16H20N2. The highest BCUT2D eigenvalue weighted by Gasteiger charge is 2.40. The number of hydrogen-bond acceptors (Lipinski definition) is 2. The fourth-order valence-corrected chi connectivity index (χ4v) is 3.09. The number of hydrogen-bond donors (Lipinski definition) is 1. The van der Waals surface area contributed by atoms with E-state index in [1.54, 1.807) is 0 Å². The van der Waals surface area contributed by atoms with E-state index in [1.165, 1.54) is 36.1 Å². The third-order valence-corrected chi connectivity index (χ3v) is 4.45. The van der Waals surface area contributed by atoms with Gasteiger partial charge in [-0.15, -0.1) is 0 Å². The van der Waals surface area contributed by atoms with Crippen molar-refractivity contribution in [3.05, 3.63) is 41.5 Å². The lowest BCUT2D eigenvalue weighted by molar-refractivity contribution is 0.253. The molecule has 0 saturated heterocycles. The van der Waals surface area contributed by atoms with Gasteiger partial charge < -0.3 is 5.73 Å². The van der Waals surface area contributed by atoms with Crippen LogP contribution < -0.4 is 5.73 Å². The summed E-state index contributed by atoms with van der Waals surface area (Å²) in [4.78, 5) is 4.62. The SMILES string of the molecule is CC1=CCN=C1CC1(c2cccc(N)c2)CCC1. The number of allylic oxidation sites excluding steroid dienone is 1. The normalized spacial score (nSPS) is 21.2. The second-order valence-electron chi connectivity index (χ2n) is 5.61. The van der Waals surface area contributed by atoms with Gasteiger partial charge in [-0.1, -0.05) is 24.6 Å². The summed E-state index contributed by atoms with van der Waals surface area (Å²) >= 11 is 0. The van der Waals surface area contributed by atoms with Gasteiger partial charge in [0.1, 0.15) is 0 Å². The Labute approximate surface area is 109 Å². The third kappa shape index (κ3) is 1.86. The lowest BCUT2D eigenvalue weighted by Crippen LogP contribution is -2.36. The maximum atomic E-state index is 5.93. The number of rotatable bonds is 3. The average Bonchev–Trinajstić information content (AvgIpc) is 2.69. The second kappa shape index (κ2) is 4.27. The molecule has 1 fully saturated rings. The standard InChI is InChI=1S/C16H20N2/c1-12-6-9-18-15(12)11-16(7-3-8-16)13-4-2-5-14(17)10-13/h2,4-6,10H,3,7-9,11,17H2,1H3. The highest BCUT2D eigenvalue weighted by atomic mass is 14.8. The van der Waals surface area contributed by atoms with E-state index in [-0.39, 0.29) is 0 Å². The summed E-state index contributed by atoms with van der Waals surface area (Å²) in [5.74, 6) is 0. The van der Waals surface area contributed by atoms with E-state index in [2.05, 4.69) is 36.2 Å². The molecule has 1 aromatic carbocycles. The van der Waals surface area contributed by atoms with Gasteiger partial charge in [0.15, 0.2) is 0 Å². The van der Waals surface area contributed by atoms with Crippen LogP contribution in [0, 0.1) is 0 Å². The molecule has 0 radical (unpaired) electrons. The minimum Gasteiger partial charge on any atom is -0.399 e. The molecule has 0 atom stereocenters. The fraction of sp³-hybridized carbons (Fsp3) is 0.438. The van der Waals surface area contributed by atoms with Crippen LogP contribution in [0.25, 0.3) is 0 Å². The first-order valence-corrected chi connectivity index (χ1v) is 6.76. The Morgan fingerprint density at radius 1 is 1.33 bits per heavy atom. The summed E-state index contributed by atoms with van der Waals surface area (Å²) in [7, 11) is 0. The molecule has 1 aromatic rings. The molecular weight excluding hydrogens is 220 g/mol. The molecule has 2 aliphatic rings. The molecule has 2 nitrogen and oxygen atoms in total. The minimum absolute atomic E-state index is 0.299. The Bertz CT molecular complexity index is 522. The molecule has 2 N–H and O–H groups in total. The number of nitrogen functional groups attached to an aromatic ring is 1. The summed E-state index contributed by atoms with van der Waals surface area (Å²) in [5, 5.41) is 0. The Morgan fingerprint density at radius 3 is 2.72 bits per heavy atom. The Balaban J connectivity index is 1.89. The van der Waals surface area contributed by atoms with Crippen molar-refractivity contribution in [1.82, 2.24) is 0 Å². The van der Waals surface area contributed by atoms with Crippen molar-refractivity contribution >= 4 is 11.4 Å². The van der Waals surface area contributed by atoms with Crippen molar-refractivity contribution in [2.45, 2.75) is 38.0 Å². The molecule has 94 valence electrons. The van der Waals surface area contributed by atoms with Gasteiger partial charge in [-0.25, -0.2) is 0 Å². The van der Waals surface area contributed by atoms with Crippen molar-refractivity contribution in [1.29, 1.82) is 0 Å². The predicted molar refractivity (Wildman–Crippen MR) is 77.1 cm³/mol. The molecule has 0 unspecified atom stereocenters. The first kappa shape index (κ1) is 11.5. The highest BCUT2D eigenvalue weighted by Crippen LogP contribution is 2.47. The van der Waals surface area contributed by atoms with Gasteiger partial charge in [0.2, 0.25) is 0 Å². The van der Waals surface area contributed by atoms with Crippen LogP contribution in [0.15, 0.2) is 40.9 Å². The zero-order valence-electron chi connectivity index (χ0n) is 10.9. The molecule has 1 aliphatic heterocycles. The Hall–Kier alpha value is -1.57. The van der Waals surface area contributed by atoms with Crippen LogP contribution in [0.2, 0.25) is 0 Å². The molecule has 1 heterocycles. The number of aliphatic imine (C=N–C) groups is 1. The van der Waals surface area contributed by atoms with Gasteiger partial charge in [-0.3, -0.25) is 4.99 Å². The van der Waals surface area contributed by atoms with Crippen molar-refractivity contribution < 1.29 is 0 Å². The van der Waals surface area contributed by atoms with Crippen LogP contribution in [0.1, 0.15) is 38.2 Å². The summed E-state index contributed by atoms with van der Waals surface area (Å²) in [6.07, 6.45) is 7.16. The van der Waals surface area contributed by atoms with Gasteiger partial charge in [0.25, 0.3) is 0 Å². The zero-order chi connectivity index (χ0) is 12.6. The van der Waals surface area contributed by atoms with Crippen LogP contribution in [0.3, 0.4) is 0 Å². The van der Waals surface area contributed by atoms with E-state index in [0.717, 1.165) is 18.7 Å². The molecule has 18 heavy (non-hydrogen) atoms. The van der Waals surface area contributed by atoms with E-state index in [1.807, 2.05) is 6.07 Å². The Morgan fingerprint density at radius 2 is 2.17 bits per heavy atom. The molecule has 0 bridgehead atoms. The van der Waals surface area contributed by atoms with Gasteiger partial charge >= 0.3 is 0 Å². The largest absolute Gasteiger partial charge is 0.399 e. The van der Waals surface area contributed by atoms with E-state index in [9.17, 15) is 0 Å². The lowest BCUT2D eigenvalue weighted by Gasteiger charge is -2.43. The molecule has 0 amide bonds. The van der Waals surface area contributed by atoms with E-state index < -0.39 is 0 Å². The van der Waals surface area contributed by atoms with Crippen molar-refractivity contribution in [2.75, 3.05) is 12.3 Å². The fourth-order valence-electron chi connectivity index (χ4n) is 3.09. The molecule has 3 rings (SSSR count). The molecule has 0 spiro atoms. The maximum Gasteiger partial charge on any atom is 0.0579 e. The molecule has 2 heteroatoms. The molecule has 0 aromatic heterocycles. The number of nitrogens with two attached hydrogens (primary N) is 1.